The molecule has 9 heteroatoms. The first kappa shape index (κ1) is 25.6. The Labute approximate surface area is 235 Å². The van der Waals surface area contributed by atoms with Crippen molar-refractivity contribution in [3.8, 4) is 5.69 Å². The van der Waals surface area contributed by atoms with Gasteiger partial charge in [0.25, 0.3) is 11.5 Å². The van der Waals surface area contributed by atoms with Gasteiger partial charge in [-0.15, -0.1) is 0 Å². The Balaban J connectivity index is 1.21. The number of nitrogens with zero attached hydrogens (tertiary/aromatic N) is 5. The Morgan fingerprint density at radius 1 is 1.00 bits per heavy atom. The van der Waals surface area contributed by atoms with Crippen molar-refractivity contribution >= 4 is 39.1 Å². The van der Waals surface area contributed by atoms with Gasteiger partial charge < -0.3 is 0 Å². The van der Waals surface area contributed by atoms with Gasteiger partial charge in [-0.1, -0.05) is 41.9 Å². The lowest BCUT2D eigenvalue weighted by Gasteiger charge is -2.38. The third-order valence-corrected chi connectivity index (χ3v) is 9.19. The fourth-order valence-corrected chi connectivity index (χ4v) is 6.59. The summed E-state index contributed by atoms with van der Waals surface area (Å²) in [5, 5.41) is 7.30. The van der Waals surface area contributed by atoms with Gasteiger partial charge in [-0.3, -0.25) is 19.2 Å². The van der Waals surface area contributed by atoms with Crippen LogP contribution < -0.4 is 5.56 Å². The van der Waals surface area contributed by atoms with E-state index in [1.807, 2.05) is 54.6 Å². The van der Waals surface area contributed by atoms with E-state index in [4.69, 9.17) is 16.7 Å². The van der Waals surface area contributed by atoms with Gasteiger partial charge in [-0.25, -0.2) is 9.69 Å². The number of amides is 1. The molecule has 38 heavy (non-hydrogen) atoms. The van der Waals surface area contributed by atoms with Crippen molar-refractivity contribution in [1.29, 1.82) is 0 Å². The minimum atomic E-state index is -0.498. The zero-order valence-electron chi connectivity index (χ0n) is 21.4. The summed E-state index contributed by atoms with van der Waals surface area (Å²) < 4.78 is 4.41. The van der Waals surface area contributed by atoms with Gasteiger partial charge in [0, 0.05) is 24.0 Å². The van der Waals surface area contributed by atoms with E-state index in [2.05, 4.69) is 32.4 Å². The Kier molecular flexibility index (Phi) is 6.82. The van der Waals surface area contributed by atoms with Crippen LogP contribution in [-0.2, 0) is 24.4 Å². The molecule has 7 nitrogen and oxygen atoms in total. The van der Waals surface area contributed by atoms with Crippen LogP contribution in [0, 0.1) is 11.3 Å². The van der Waals surface area contributed by atoms with Crippen LogP contribution in [0.5, 0.6) is 0 Å². The molecule has 1 saturated heterocycles. The SMILES string of the molecule is CCn1c(CN2CCC3(CC2)C(=O)N(Cc2ccc(Cl)cc2)N=C3C2CC2)c(Br)c(=O)n1-c1ccccc1. The molecule has 0 radical (unpaired) electrons. The molecule has 0 unspecified atom stereocenters. The molecule has 1 aromatic heterocycles. The number of carbonyl (C=O) groups excluding carboxylic acids is 1. The number of halogens is 2. The van der Waals surface area contributed by atoms with E-state index in [0.717, 1.165) is 61.4 Å². The smallest absolute Gasteiger partial charge is 0.286 e. The second-order valence-electron chi connectivity index (χ2n) is 10.5. The van der Waals surface area contributed by atoms with Crippen molar-refractivity contribution < 1.29 is 4.79 Å². The van der Waals surface area contributed by atoms with Crippen LogP contribution in [0.4, 0.5) is 0 Å². The van der Waals surface area contributed by atoms with Crippen LogP contribution in [0.15, 0.2) is 69.0 Å². The van der Waals surface area contributed by atoms with E-state index >= 15 is 0 Å². The molecule has 3 heterocycles. The highest BCUT2D eigenvalue weighted by atomic mass is 79.9. The Hall–Kier alpha value is -2.68. The largest absolute Gasteiger partial charge is 0.297 e. The molecule has 2 aliphatic heterocycles. The van der Waals surface area contributed by atoms with Gasteiger partial charge in [0.15, 0.2) is 0 Å². The Morgan fingerprint density at radius 2 is 1.68 bits per heavy atom. The lowest BCUT2D eigenvalue weighted by molar-refractivity contribution is -0.138. The van der Waals surface area contributed by atoms with Crippen LogP contribution in [0.3, 0.4) is 0 Å². The minimum Gasteiger partial charge on any atom is -0.297 e. The lowest BCUT2D eigenvalue weighted by atomic mass is 9.72. The lowest BCUT2D eigenvalue weighted by Crippen LogP contribution is -2.49. The molecule has 1 saturated carbocycles. The summed E-state index contributed by atoms with van der Waals surface area (Å²) in [6.45, 7) is 5.43. The predicted molar refractivity (Wildman–Crippen MR) is 153 cm³/mol. The number of hydrazone groups is 1. The second-order valence-corrected chi connectivity index (χ2v) is 11.8. The summed E-state index contributed by atoms with van der Waals surface area (Å²) >= 11 is 9.65. The molecule has 2 aromatic carbocycles. The van der Waals surface area contributed by atoms with Gasteiger partial charge in [0.2, 0.25) is 0 Å². The van der Waals surface area contributed by atoms with Crippen molar-refractivity contribution in [1.82, 2.24) is 19.3 Å². The number of hydrogen-bond acceptors (Lipinski definition) is 4. The molecule has 1 aliphatic carbocycles. The molecule has 0 bridgehead atoms. The predicted octanol–water partition coefficient (Wildman–Crippen LogP) is 5.47. The fraction of sp³-hybridized carbons (Fsp3) is 0.414. The molecule has 3 aromatic rings. The third kappa shape index (κ3) is 4.46. The zero-order valence-corrected chi connectivity index (χ0v) is 23.8. The molecule has 0 N–H and O–H groups in total. The van der Waals surface area contributed by atoms with Crippen molar-refractivity contribution in [3.63, 3.8) is 0 Å². The van der Waals surface area contributed by atoms with Crippen LogP contribution in [0.1, 0.15) is 43.9 Å². The maximum atomic E-state index is 13.8. The van der Waals surface area contributed by atoms with E-state index < -0.39 is 5.41 Å². The quantitative estimate of drug-likeness (QED) is 0.364. The number of piperidine rings is 1. The van der Waals surface area contributed by atoms with Gasteiger partial charge in [-0.2, -0.15) is 5.10 Å². The molecule has 1 spiro atoms. The van der Waals surface area contributed by atoms with Crippen molar-refractivity contribution in [3.05, 3.63) is 85.7 Å². The van der Waals surface area contributed by atoms with E-state index in [1.54, 1.807) is 9.69 Å². The van der Waals surface area contributed by atoms with Crippen LogP contribution >= 0.6 is 27.5 Å². The van der Waals surface area contributed by atoms with Gasteiger partial charge in [-0.05, 0) is 91.5 Å². The van der Waals surface area contributed by atoms with Gasteiger partial charge in [0.05, 0.1) is 29.1 Å². The fourth-order valence-electron chi connectivity index (χ4n) is 5.97. The molecule has 1 amide bonds. The summed E-state index contributed by atoms with van der Waals surface area (Å²) in [5.41, 5.74) is 3.40. The topological polar surface area (TPSA) is 62.8 Å². The first-order chi connectivity index (χ1) is 18.4. The molecule has 6 rings (SSSR count). The molecule has 0 atom stereocenters. The molecule has 198 valence electrons. The normalized spacial score (nSPS) is 19.4. The molecule has 3 aliphatic rings. The molecule has 2 fully saturated rings. The highest BCUT2D eigenvalue weighted by Gasteiger charge is 2.55. The number of rotatable bonds is 7. The van der Waals surface area contributed by atoms with Crippen molar-refractivity contribution in [2.24, 2.45) is 16.4 Å². The maximum Gasteiger partial charge on any atom is 0.286 e. The average Bonchev–Trinajstić information content (AvgIpc) is 3.71. The molecular formula is C29H31BrClN5O2. The van der Waals surface area contributed by atoms with Crippen molar-refractivity contribution in [2.45, 2.75) is 52.2 Å². The highest BCUT2D eigenvalue weighted by Crippen LogP contribution is 2.48. The summed E-state index contributed by atoms with van der Waals surface area (Å²) in [5.74, 6) is 0.566. The van der Waals surface area contributed by atoms with Crippen LogP contribution in [0.25, 0.3) is 5.69 Å². The number of aromatic nitrogens is 2. The highest BCUT2D eigenvalue weighted by molar-refractivity contribution is 9.10. The third-order valence-electron chi connectivity index (χ3n) is 8.14. The zero-order chi connectivity index (χ0) is 26.4. The number of benzene rings is 2. The monoisotopic (exact) mass is 595 g/mol. The van der Waals surface area contributed by atoms with E-state index in [-0.39, 0.29) is 11.5 Å². The number of carbonyl (C=O) groups is 1. The van der Waals surface area contributed by atoms with E-state index in [0.29, 0.717) is 35.0 Å². The van der Waals surface area contributed by atoms with Gasteiger partial charge >= 0.3 is 0 Å². The standard InChI is InChI=1S/C29H31BrClN5O2/c1-2-35-24(25(30)27(37)36(35)23-6-4-3-5-7-23)19-33-16-14-29(15-17-33)26(21-10-11-21)32-34(28(29)38)18-20-8-12-22(31)13-9-20/h3-9,12-13,21H,2,10-11,14-19H2,1H3. The minimum absolute atomic E-state index is 0.0477. The van der Waals surface area contributed by atoms with Crippen LogP contribution in [-0.4, -0.2) is 44.0 Å². The number of hydrogen-bond donors (Lipinski definition) is 0. The number of para-hydroxylation sites is 1. The average molecular weight is 597 g/mol. The maximum absolute atomic E-state index is 13.8. The molecular weight excluding hydrogens is 566 g/mol. The van der Waals surface area contributed by atoms with Crippen molar-refractivity contribution in [2.75, 3.05) is 13.1 Å². The summed E-state index contributed by atoms with van der Waals surface area (Å²) in [6, 6.07) is 17.4. The van der Waals surface area contributed by atoms with Gasteiger partial charge in [0.1, 0.15) is 4.47 Å². The van der Waals surface area contributed by atoms with E-state index in [9.17, 15) is 9.59 Å². The first-order valence-electron chi connectivity index (χ1n) is 13.3. The number of likely N-dealkylation sites (tertiary alicyclic amines) is 1. The first-order valence-corrected chi connectivity index (χ1v) is 14.5. The Bertz CT molecular complexity index is 1430. The summed E-state index contributed by atoms with van der Waals surface area (Å²) in [4.78, 5) is 29.4. The summed E-state index contributed by atoms with van der Waals surface area (Å²) in [7, 11) is 0. The Morgan fingerprint density at radius 3 is 2.32 bits per heavy atom. The second kappa shape index (κ2) is 10.1. The summed E-state index contributed by atoms with van der Waals surface area (Å²) in [6.07, 6.45) is 3.75. The van der Waals surface area contributed by atoms with Crippen LogP contribution in [0.2, 0.25) is 5.02 Å². The van der Waals surface area contributed by atoms with E-state index in [1.165, 1.54) is 0 Å².